The van der Waals surface area contributed by atoms with Gasteiger partial charge in [0.15, 0.2) is 0 Å². The molecule has 0 fully saturated rings. The minimum atomic E-state index is -0.523. The largest absolute Gasteiger partial charge is 0.465 e. The Kier molecular flexibility index (Phi) is 20.9. The monoisotopic (exact) mass is 388 g/mol. The molecule has 0 saturated carbocycles. The minimum absolute atomic E-state index is 0.293. The van der Waals surface area contributed by atoms with E-state index >= 15 is 0 Å². The highest BCUT2D eigenvalue weighted by Gasteiger charge is 2.09. The van der Waals surface area contributed by atoms with Crippen molar-refractivity contribution < 1.29 is 9.53 Å². The van der Waals surface area contributed by atoms with E-state index < -0.39 is 5.38 Å². The van der Waals surface area contributed by atoms with Crippen molar-refractivity contribution in [3.05, 3.63) is 0 Å². The maximum absolute atomic E-state index is 11.2. The average molecular weight is 389 g/mol. The van der Waals surface area contributed by atoms with Crippen LogP contribution in [0.1, 0.15) is 129 Å². The Morgan fingerprint density at radius 2 is 0.962 bits per heavy atom. The van der Waals surface area contributed by atoms with Gasteiger partial charge in [0.2, 0.25) is 0 Å². The number of hydrogen-bond donors (Lipinski definition) is 0. The molecule has 0 heterocycles. The van der Waals surface area contributed by atoms with Crippen LogP contribution in [-0.2, 0) is 9.53 Å². The number of carbonyl (C=O) groups is 1. The maximum Gasteiger partial charge on any atom is 0.323 e. The number of ether oxygens (including phenoxy) is 1. The van der Waals surface area contributed by atoms with Gasteiger partial charge in [0, 0.05) is 0 Å². The molecule has 2 nitrogen and oxygen atoms in total. The summed E-state index contributed by atoms with van der Waals surface area (Å²) in [5, 5.41) is -0.523. The number of alkyl halides is 1. The summed E-state index contributed by atoms with van der Waals surface area (Å²) in [6.45, 7) is 4.46. The Bertz CT molecular complexity index is 292. The number of carbonyl (C=O) groups excluding carboxylic acids is 1. The van der Waals surface area contributed by atoms with Crippen LogP contribution < -0.4 is 0 Å². The van der Waals surface area contributed by atoms with Gasteiger partial charge in [-0.1, -0.05) is 116 Å². The van der Waals surface area contributed by atoms with Crippen LogP contribution in [0.15, 0.2) is 0 Å². The fourth-order valence-corrected chi connectivity index (χ4v) is 3.35. The fourth-order valence-electron chi connectivity index (χ4n) is 3.29. The molecule has 0 aliphatic rings. The molecule has 0 aromatic carbocycles. The van der Waals surface area contributed by atoms with Gasteiger partial charge in [-0.05, 0) is 13.3 Å². The highest BCUT2D eigenvalue weighted by Crippen LogP contribution is 2.14. The standard InChI is InChI=1S/C23H45ClO2/c1-3-4-5-6-7-8-9-10-11-12-13-14-15-16-17-18-19-20-21-26-23(25)22(2)24/h22H,3-21H2,1-2H3. The molecule has 1 unspecified atom stereocenters. The summed E-state index contributed by atoms with van der Waals surface area (Å²) in [7, 11) is 0. The summed E-state index contributed by atoms with van der Waals surface area (Å²) in [5.41, 5.74) is 0. The Labute approximate surface area is 168 Å². The van der Waals surface area contributed by atoms with Crippen molar-refractivity contribution in [3.8, 4) is 0 Å². The summed E-state index contributed by atoms with van der Waals surface area (Å²) in [5.74, 6) is -0.293. The van der Waals surface area contributed by atoms with Crippen molar-refractivity contribution >= 4 is 17.6 Å². The Morgan fingerprint density at radius 3 is 1.27 bits per heavy atom. The van der Waals surface area contributed by atoms with Crippen molar-refractivity contribution in [2.24, 2.45) is 0 Å². The maximum atomic E-state index is 11.2. The predicted molar refractivity (Wildman–Crippen MR) is 115 cm³/mol. The zero-order valence-electron chi connectivity index (χ0n) is 17.7. The summed E-state index contributed by atoms with van der Waals surface area (Å²) >= 11 is 5.64. The van der Waals surface area contributed by atoms with E-state index in [1.54, 1.807) is 6.92 Å². The van der Waals surface area contributed by atoms with Crippen molar-refractivity contribution in [1.82, 2.24) is 0 Å². The van der Waals surface area contributed by atoms with Gasteiger partial charge < -0.3 is 4.74 Å². The summed E-state index contributed by atoms with van der Waals surface area (Å²) in [4.78, 5) is 11.2. The van der Waals surface area contributed by atoms with Gasteiger partial charge in [-0.2, -0.15) is 0 Å². The molecule has 0 radical (unpaired) electrons. The molecule has 0 amide bonds. The summed E-state index contributed by atoms with van der Waals surface area (Å²) < 4.78 is 5.06. The third kappa shape index (κ3) is 20.1. The van der Waals surface area contributed by atoms with E-state index in [1.165, 1.54) is 103 Å². The quantitative estimate of drug-likeness (QED) is 0.119. The fraction of sp³-hybridized carbons (Fsp3) is 0.957. The lowest BCUT2D eigenvalue weighted by Crippen LogP contribution is -2.14. The second-order valence-corrected chi connectivity index (χ2v) is 8.45. The second-order valence-electron chi connectivity index (χ2n) is 7.79. The van der Waals surface area contributed by atoms with Crippen LogP contribution in [0.2, 0.25) is 0 Å². The van der Waals surface area contributed by atoms with Gasteiger partial charge in [-0.15, -0.1) is 11.6 Å². The number of esters is 1. The van der Waals surface area contributed by atoms with Crippen molar-refractivity contribution in [2.75, 3.05) is 6.61 Å². The zero-order chi connectivity index (χ0) is 19.3. The van der Waals surface area contributed by atoms with Gasteiger partial charge in [-0.3, -0.25) is 4.79 Å². The first-order valence-corrected chi connectivity index (χ1v) is 11.9. The lowest BCUT2D eigenvalue weighted by molar-refractivity contribution is -0.142. The summed E-state index contributed by atoms with van der Waals surface area (Å²) in [6, 6.07) is 0. The van der Waals surface area contributed by atoms with Gasteiger partial charge in [0.05, 0.1) is 6.61 Å². The van der Waals surface area contributed by atoms with Crippen molar-refractivity contribution in [2.45, 2.75) is 135 Å². The smallest absolute Gasteiger partial charge is 0.323 e. The van der Waals surface area contributed by atoms with Gasteiger partial charge in [-0.25, -0.2) is 0 Å². The topological polar surface area (TPSA) is 26.3 Å². The minimum Gasteiger partial charge on any atom is -0.465 e. The van der Waals surface area contributed by atoms with Crippen LogP contribution in [0.5, 0.6) is 0 Å². The molecule has 0 N–H and O–H groups in total. The van der Waals surface area contributed by atoms with E-state index in [-0.39, 0.29) is 5.97 Å². The van der Waals surface area contributed by atoms with E-state index in [0.717, 1.165) is 12.8 Å². The van der Waals surface area contributed by atoms with Crippen LogP contribution in [0, 0.1) is 0 Å². The van der Waals surface area contributed by atoms with Gasteiger partial charge in [0.25, 0.3) is 0 Å². The van der Waals surface area contributed by atoms with Crippen LogP contribution >= 0.6 is 11.6 Å². The van der Waals surface area contributed by atoms with Crippen LogP contribution in [0.3, 0.4) is 0 Å². The Morgan fingerprint density at radius 1 is 0.654 bits per heavy atom. The third-order valence-electron chi connectivity index (χ3n) is 5.07. The lowest BCUT2D eigenvalue weighted by Gasteiger charge is -2.06. The van der Waals surface area contributed by atoms with Crippen LogP contribution in [-0.4, -0.2) is 18.0 Å². The van der Waals surface area contributed by atoms with Crippen LogP contribution in [0.25, 0.3) is 0 Å². The number of halogens is 1. The first-order chi connectivity index (χ1) is 12.7. The molecule has 0 aromatic heterocycles. The molecular formula is C23H45ClO2. The van der Waals surface area contributed by atoms with Gasteiger partial charge in [0.1, 0.15) is 5.38 Å². The number of unbranched alkanes of at least 4 members (excludes halogenated alkanes) is 17. The second kappa shape index (κ2) is 21.1. The third-order valence-corrected chi connectivity index (χ3v) is 5.25. The van der Waals surface area contributed by atoms with Crippen molar-refractivity contribution in [3.63, 3.8) is 0 Å². The predicted octanol–water partition coefficient (Wildman–Crippen LogP) is 8.20. The van der Waals surface area contributed by atoms with Gasteiger partial charge >= 0.3 is 5.97 Å². The molecule has 156 valence electrons. The van der Waals surface area contributed by atoms with E-state index in [2.05, 4.69) is 6.92 Å². The molecule has 0 bridgehead atoms. The first-order valence-electron chi connectivity index (χ1n) is 11.5. The molecule has 0 aliphatic heterocycles. The van der Waals surface area contributed by atoms with E-state index in [1.807, 2.05) is 0 Å². The summed E-state index contributed by atoms with van der Waals surface area (Å²) in [6.07, 6.45) is 24.6. The molecule has 0 rings (SSSR count). The highest BCUT2D eigenvalue weighted by atomic mass is 35.5. The molecule has 1 atom stereocenters. The highest BCUT2D eigenvalue weighted by molar-refractivity contribution is 6.29. The molecular weight excluding hydrogens is 344 g/mol. The Balaban J connectivity index is 3.04. The van der Waals surface area contributed by atoms with E-state index in [0.29, 0.717) is 6.61 Å². The van der Waals surface area contributed by atoms with E-state index in [9.17, 15) is 4.79 Å². The first kappa shape index (κ1) is 25.8. The lowest BCUT2D eigenvalue weighted by atomic mass is 10.0. The molecule has 0 aromatic rings. The number of rotatable bonds is 20. The molecule has 0 saturated heterocycles. The molecule has 26 heavy (non-hydrogen) atoms. The number of hydrogen-bond acceptors (Lipinski definition) is 2. The molecule has 3 heteroatoms. The zero-order valence-corrected chi connectivity index (χ0v) is 18.5. The Hall–Kier alpha value is -0.240. The van der Waals surface area contributed by atoms with E-state index in [4.69, 9.17) is 16.3 Å². The SMILES string of the molecule is CCCCCCCCCCCCCCCCCCCCOC(=O)C(C)Cl. The van der Waals surface area contributed by atoms with Crippen molar-refractivity contribution in [1.29, 1.82) is 0 Å². The molecule has 0 aliphatic carbocycles. The van der Waals surface area contributed by atoms with Crippen LogP contribution in [0.4, 0.5) is 0 Å². The normalized spacial score (nSPS) is 12.3. The average Bonchev–Trinajstić information content (AvgIpc) is 2.63. The molecule has 0 spiro atoms.